The fraction of sp³-hybridized carbons (Fsp3) is 0.200. The average molecular weight is 352 g/mol. The van der Waals surface area contributed by atoms with E-state index in [1.54, 1.807) is 13.0 Å². The summed E-state index contributed by atoms with van der Waals surface area (Å²) in [5, 5.41) is 8.97. The third-order valence-corrected chi connectivity index (χ3v) is 2.79. The predicted molar refractivity (Wildman–Crippen MR) is 64.7 cm³/mol. The minimum absolute atomic E-state index is 0.0301. The van der Waals surface area contributed by atoms with E-state index >= 15 is 0 Å². The molecule has 1 aromatic rings. The first-order chi connectivity index (χ1) is 7.45. The molecule has 1 N–H and O–H groups in total. The van der Waals surface area contributed by atoms with Crippen molar-refractivity contribution in [2.75, 3.05) is 0 Å². The van der Waals surface area contributed by atoms with Crippen LogP contribution in [0.15, 0.2) is 21.1 Å². The van der Waals surface area contributed by atoms with Crippen LogP contribution in [-0.4, -0.2) is 17.0 Å². The summed E-state index contributed by atoms with van der Waals surface area (Å²) in [5.41, 5.74) is -0.0666. The maximum absolute atomic E-state index is 11.1. The lowest BCUT2D eigenvalue weighted by molar-refractivity contribution is -0.134. The molecule has 0 aliphatic rings. The van der Waals surface area contributed by atoms with E-state index in [9.17, 15) is 9.59 Å². The number of carboxylic acids is 1. The van der Waals surface area contributed by atoms with Gasteiger partial charge in [-0.1, -0.05) is 22.9 Å². The highest BCUT2D eigenvalue weighted by atomic mass is 79.9. The summed E-state index contributed by atoms with van der Waals surface area (Å²) in [4.78, 5) is 22.1. The molecule has 0 aliphatic heterocycles. The van der Waals surface area contributed by atoms with Crippen molar-refractivity contribution in [2.24, 2.45) is 0 Å². The minimum Gasteiger partial charge on any atom is -0.478 e. The van der Waals surface area contributed by atoms with Gasteiger partial charge in [0.2, 0.25) is 0 Å². The van der Waals surface area contributed by atoms with Crippen molar-refractivity contribution < 1.29 is 19.4 Å². The summed E-state index contributed by atoms with van der Waals surface area (Å²) in [7, 11) is 0. The van der Waals surface area contributed by atoms with Crippen LogP contribution in [0.5, 0.6) is 5.75 Å². The Morgan fingerprint density at radius 1 is 1.38 bits per heavy atom. The van der Waals surface area contributed by atoms with Gasteiger partial charge in [-0.15, -0.1) is 0 Å². The summed E-state index contributed by atoms with van der Waals surface area (Å²) in [5.74, 6) is -1.60. The van der Waals surface area contributed by atoms with E-state index in [1.807, 2.05) is 0 Å². The number of carbonyl (C=O) groups excluding carboxylic acids is 1. The number of benzene rings is 1. The second-order valence-electron chi connectivity index (χ2n) is 2.90. The van der Waals surface area contributed by atoms with Crippen LogP contribution in [0.1, 0.15) is 23.7 Å². The van der Waals surface area contributed by atoms with Crippen LogP contribution in [-0.2, 0) is 4.79 Å². The van der Waals surface area contributed by atoms with Crippen molar-refractivity contribution in [1.29, 1.82) is 0 Å². The largest absolute Gasteiger partial charge is 0.478 e. The molecule has 0 aliphatic carbocycles. The van der Waals surface area contributed by atoms with Crippen molar-refractivity contribution in [3.05, 3.63) is 26.6 Å². The van der Waals surface area contributed by atoms with E-state index in [0.717, 1.165) is 0 Å². The summed E-state index contributed by atoms with van der Waals surface area (Å²) in [6.07, 6.45) is 0.182. The molecular formula is C10H8Br2O4. The highest BCUT2D eigenvalue weighted by molar-refractivity contribution is 9.11. The first-order valence-corrected chi connectivity index (χ1v) is 5.97. The number of carbonyl (C=O) groups is 2. The van der Waals surface area contributed by atoms with Crippen molar-refractivity contribution in [3.8, 4) is 5.75 Å². The Balaban J connectivity index is 3.24. The molecule has 4 nitrogen and oxygen atoms in total. The van der Waals surface area contributed by atoms with Gasteiger partial charge in [-0.25, -0.2) is 4.79 Å². The van der Waals surface area contributed by atoms with Gasteiger partial charge < -0.3 is 9.84 Å². The number of esters is 1. The zero-order chi connectivity index (χ0) is 12.3. The van der Waals surface area contributed by atoms with E-state index in [2.05, 4.69) is 31.9 Å². The smallest absolute Gasteiger partial charge is 0.339 e. The van der Waals surface area contributed by atoms with Crippen molar-refractivity contribution >= 4 is 43.8 Å². The zero-order valence-electron chi connectivity index (χ0n) is 8.29. The molecule has 0 heterocycles. The molecule has 16 heavy (non-hydrogen) atoms. The number of aromatic carboxylic acids is 1. The van der Waals surface area contributed by atoms with Crippen LogP contribution in [0.25, 0.3) is 0 Å². The van der Waals surface area contributed by atoms with Crippen LogP contribution >= 0.6 is 31.9 Å². The molecule has 0 bridgehead atoms. The number of hydrogen-bond donors (Lipinski definition) is 1. The Morgan fingerprint density at radius 3 is 2.50 bits per heavy atom. The molecule has 0 aromatic heterocycles. The number of halogens is 2. The van der Waals surface area contributed by atoms with Gasteiger partial charge >= 0.3 is 11.9 Å². The van der Waals surface area contributed by atoms with Gasteiger partial charge in [0.15, 0.2) is 5.75 Å². The maximum atomic E-state index is 11.1. The predicted octanol–water partition coefficient (Wildman–Crippen LogP) is 3.23. The number of rotatable bonds is 3. The molecule has 1 aromatic carbocycles. The molecule has 0 saturated carbocycles. The quantitative estimate of drug-likeness (QED) is 0.670. The minimum atomic E-state index is -1.15. The fourth-order valence-corrected chi connectivity index (χ4v) is 2.32. The average Bonchev–Trinajstić information content (AvgIpc) is 2.20. The fourth-order valence-electron chi connectivity index (χ4n) is 1.01. The Hall–Kier alpha value is -0.880. The van der Waals surface area contributed by atoms with Gasteiger partial charge in [-0.2, -0.15) is 0 Å². The maximum Gasteiger partial charge on any atom is 0.339 e. The standard InChI is InChI=1S/C10H8Br2O4/c1-2-8(13)16-9-6(10(14)15)3-5(11)4-7(9)12/h3-4H,2H2,1H3,(H,14,15). The Kier molecular flexibility index (Phi) is 4.49. The van der Waals surface area contributed by atoms with Gasteiger partial charge in [0.25, 0.3) is 0 Å². The summed E-state index contributed by atoms with van der Waals surface area (Å²) in [6.45, 7) is 1.63. The normalized spacial score (nSPS) is 9.94. The number of hydrogen-bond acceptors (Lipinski definition) is 3. The molecule has 6 heteroatoms. The third kappa shape index (κ3) is 3.05. The van der Waals surface area contributed by atoms with Gasteiger partial charge in [-0.3, -0.25) is 4.79 Å². The second-order valence-corrected chi connectivity index (χ2v) is 4.67. The highest BCUT2D eigenvalue weighted by Crippen LogP contribution is 2.33. The third-order valence-electron chi connectivity index (χ3n) is 1.74. The molecule has 0 radical (unpaired) electrons. The summed E-state index contributed by atoms with van der Waals surface area (Å²) in [6, 6.07) is 3.00. The van der Waals surface area contributed by atoms with E-state index in [4.69, 9.17) is 9.84 Å². The molecule has 0 fully saturated rings. The van der Waals surface area contributed by atoms with Crippen LogP contribution in [0.2, 0.25) is 0 Å². The van der Waals surface area contributed by atoms with Crippen molar-refractivity contribution in [1.82, 2.24) is 0 Å². The molecular weight excluding hydrogens is 344 g/mol. The van der Waals surface area contributed by atoms with E-state index in [1.165, 1.54) is 6.07 Å². The van der Waals surface area contributed by atoms with Crippen LogP contribution in [0, 0.1) is 0 Å². The van der Waals surface area contributed by atoms with Gasteiger partial charge in [0.05, 0.1) is 4.47 Å². The molecule has 86 valence electrons. The monoisotopic (exact) mass is 350 g/mol. The van der Waals surface area contributed by atoms with E-state index in [0.29, 0.717) is 8.95 Å². The number of ether oxygens (including phenoxy) is 1. The van der Waals surface area contributed by atoms with Crippen LogP contribution in [0.4, 0.5) is 0 Å². The Morgan fingerprint density at radius 2 is 2.00 bits per heavy atom. The van der Waals surface area contributed by atoms with Crippen LogP contribution in [0.3, 0.4) is 0 Å². The van der Waals surface area contributed by atoms with Crippen LogP contribution < -0.4 is 4.74 Å². The lowest BCUT2D eigenvalue weighted by atomic mass is 10.2. The lowest BCUT2D eigenvalue weighted by Crippen LogP contribution is -2.10. The molecule has 0 atom stereocenters. The Bertz CT molecular complexity index is 443. The topological polar surface area (TPSA) is 63.6 Å². The van der Waals surface area contributed by atoms with Crippen molar-refractivity contribution in [3.63, 3.8) is 0 Å². The second kappa shape index (κ2) is 5.45. The zero-order valence-corrected chi connectivity index (χ0v) is 11.5. The SMILES string of the molecule is CCC(=O)Oc1c(Br)cc(Br)cc1C(=O)O. The first kappa shape index (κ1) is 13.2. The van der Waals surface area contributed by atoms with E-state index < -0.39 is 11.9 Å². The Labute approximate surface area is 109 Å². The summed E-state index contributed by atoms with van der Waals surface area (Å²) >= 11 is 6.32. The molecule has 0 spiro atoms. The summed E-state index contributed by atoms with van der Waals surface area (Å²) < 4.78 is 5.96. The van der Waals surface area contributed by atoms with Crippen molar-refractivity contribution in [2.45, 2.75) is 13.3 Å². The molecule has 1 rings (SSSR count). The molecule has 0 amide bonds. The highest BCUT2D eigenvalue weighted by Gasteiger charge is 2.18. The van der Waals surface area contributed by atoms with Gasteiger partial charge in [0.1, 0.15) is 5.56 Å². The van der Waals surface area contributed by atoms with E-state index in [-0.39, 0.29) is 17.7 Å². The molecule has 0 saturated heterocycles. The van der Waals surface area contributed by atoms with Gasteiger partial charge in [0, 0.05) is 10.9 Å². The lowest BCUT2D eigenvalue weighted by Gasteiger charge is -2.09. The van der Waals surface area contributed by atoms with Gasteiger partial charge in [-0.05, 0) is 28.1 Å². The molecule has 0 unspecified atom stereocenters. The number of carboxylic acid groups (broad SMARTS) is 1. The first-order valence-electron chi connectivity index (χ1n) is 4.38.